The Bertz CT molecular complexity index is 792. The number of pyridine rings is 1. The van der Waals surface area contributed by atoms with Crippen molar-refractivity contribution < 1.29 is 14.6 Å². The van der Waals surface area contributed by atoms with Gasteiger partial charge < -0.3 is 24.8 Å². The fraction of sp³-hybridized carbons (Fsp3) is 0.696. The standard InChI is InChI=1S/C17H25N5O2.C6H12O/c1-12(11-23-3)20-17-19-10-14-15(21-17)4-7-18-16(14)24-13-5-8-22(2)9-6-13;7-6-4-2-1-3-5-6/h4,7,10,12-13H,5-6,8-9,11H2,1-3H3,(H,19,20,21);6-7H,1-5H2. The first-order chi connectivity index (χ1) is 15.0. The number of rotatable bonds is 6. The highest BCUT2D eigenvalue weighted by Gasteiger charge is 2.20. The minimum atomic E-state index is 0.0359. The van der Waals surface area contributed by atoms with Gasteiger partial charge in [0.05, 0.1) is 23.6 Å². The van der Waals surface area contributed by atoms with E-state index in [9.17, 15) is 0 Å². The Labute approximate surface area is 185 Å². The third kappa shape index (κ3) is 7.55. The Morgan fingerprint density at radius 1 is 1.16 bits per heavy atom. The van der Waals surface area contributed by atoms with E-state index in [0.717, 1.165) is 49.7 Å². The number of anilines is 1. The third-order valence-electron chi connectivity index (χ3n) is 5.78. The van der Waals surface area contributed by atoms with Crippen LogP contribution < -0.4 is 10.1 Å². The summed E-state index contributed by atoms with van der Waals surface area (Å²) in [5, 5.41) is 13.0. The fourth-order valence-electron chi connectivity index (χ4n) is 3.95. The van der Waals surface area contributed by atoms with Crippen molar-refractivity contribution in [2.75, 3.05) is 39.2 Å². The number of aliphatic hydroxyl groups excluding tert-OH is 1. The number of ether oxygens (including phenoxy) is 2. The van der Waals surface area contributed by atoms with Gasteiger partial charge in [0.15, 0.2) is 0 Å². The molecule has 1 aliphatic heterocycles. The summed E-state index contributed by atoms with van der Waals surface area (Å²) in [6.07, 6.45) is 11.7. The molecular formula is C23H37N5O3. The van der Waals surface area contributed by atoms with Crippen LogP contribution in [0.4, 0.5) is 5.95 Å². The molecule has 0 bridgehead atoms. The molecule has 2 fully saturated rings. The summed E-state index contributed by atoms with van der Waals surface area (Å²) in [6, 6.07) is 2.02. The van der Waals surface area contributed by atoms with E-state index in [-0.39, 0.29) is 18.2 Å². The lowest BCUT2D eigenvalue weighted by atomic mass is 9.98. The Balaban J connectivity index is 0.000000330. The molecule has 3 heterocycles. The van der Waals surface area contributed by atoms with Gasteiger partial charge in [-0.15, -0.1) is 0 Å². The van der Waals surface area contributed by atoms with E-state index in [2.05, 4.69) is 32.2 Å². The van der Waals surface area contributed by atoms with Crippen molar-refractivity contribution in [2.45, 2.75) is 70.1 Å². The first-order valence-electron chi connectivity index (χ1n) is 11.5. The van der Waals surface area contributed by atoms with E-state index in [1.165, 1.54) is 19.3 Å². The molecule has 1 atom stereocenters. The van der Waals surface area contributed by atoms with Crippen LogP contribution in [0.5, 0.6) is 5.88 Å². The normalized spacial score (nSPS) is 19.5. The Morgan fingerprint density at radius 3 is 2.55 bits per heavy atom. The summed E-state index contributed by atoms with van der Waals surface area (Å²) >= 11 is 0. The van der Waals surface area contributed by atoms with Crippen molar-refractivity contribution in [1.82, 2.24) is 19.9 Å². The lowest BCUT2D eigenvalue weighted by Crippen LogP contribution is -2.35. The molecule has 2 N–H and O–H groups in total. The van der Waals surface area contributed by atoms with Gasteiger partial charge in [0, 0.05) is 38.6 Å². The molecule has 8 heteroatoms. The molecule has 2 aliphatic rings. The predicted octanol–water partition coefficient (Wildman–Crippen LogP) is 3.26. The summed E-state index contributed by atoms with van der Waals surface area (Å²) in [6.45, 7) is 4.73. The number of nitrogens with one attached hydrogen (secondary N) is 1. The quantitative estimate of drug-likeness (QED) is 0.720. The second-order valence-corrected chi connectivity index (χ2v) is 8.66. The highest BCUT2D eigenvalue weighted by molar-refractivity contribution is 5.83. The molecule has 4 rings (SSSR count). The zero-order chi connectivity index (χ0) is 22.1. The molecule has 31 heavy (non-hydrogen) atoms. The van der Waals surface area contributed by atoms with Crippen LogP contribution >= 0.6 is 0 Å². The lowest BCUT2D eigenvalue weighted by Gasteiger charge is -2.29. The first-order valence-corrected chi connectivity index (χ1v) is 11.5. The van der Waals surface area contributed by atoms with Crippen molar-refractivity contribution in [3.05, 3.63) is 18.5 Å². The number of likely N-dealkylation sites (tertiary alicyclic amines) is 1. The van der Waals surface area contributed by atoms with Crippen molar-refractivity contribution in [2.24, 2.45) is 0 Å². The average Bonchev–Trinajstić information content (AvgIpc) is 2.76. The van der Waals surface area contributed by atoms with Gasteiger partial charge in [0.2, 0.25) is 11.8 Å². The Hall–Kier alpha value is -2.03. The van der Waals surface area contributed by atoms with Gasteiger partial charge in [-0.1, -0.05) is 19.3 Å². The van der Waals surface area contributed by atoms with Crippen LogP contribution in [0.2, 0.25) is 0 Å². The average molecular weight is 432 g/mol. The van der Waals surface area contributed by atoms with E-state index < -0.39 is 0 Å². The van der Waals surface area contributed by atoms with Gasteiger partial charge in [-0.25, -0.2) is 15.0 Å². The van der Waals surface area contributed by atoms with E-state index in [1.54, 1.807) is 19.5 Å². The zero-order valence-electron chi connectivity index (χ0n) is 19.1. The predicted molar refractivity (Wildman–Crippen MR) is 123 cm³/mol. The molecular weight excluding hydrogens is 394 g/mol. The maximum absolute atomic E-state index is 8.91. The van der Waals surface area contributed by atoms with Gasteiger partial charge in [-0.2, -0.15) is 0 Å². The Kier molecular flexibility index (Phi) is 9.24. The molecule has 1 aliphatic carbocycles. The molecule has 2 aromatic heterocycles. The number of aromatic nitrogens is 3. The van der Waals surface area contributed by atoms with Crippen LogP contribution in [0.3, 0.4) is 0 Å². The molecule has 0 aromatic carbocycles. The lowest BCUT2D eigenvalue weighted by molar-refractivity contribution is 0.111. The summed E-state index contributed by atoms with van der Waals surface area (Å²) in [4.78, 5) is 15.6. The third-order valence-corrected chi connectivity index (χ3v) is 5.78. The summed E-state index contributed by atoms with van der Waals surface area (Å²) in [5.74, 6) is 1.21. The van der Waals surface area contributed by atoms with E-state index >= 15 is 0 Å². The summed E-state index contributed by atoms with van der Waals surface area (Å²) in [5.41, 5.74) is 0.829. The molecule has 0 amide bonds. The van der Waals surface area contributed by atoms with Crippen LogP contribution in [0, 0.1) is 0 Å². The molecule has 1 saturated heterocycles. The molecule has 1 unspecified atom stereocenters. The van der Waals surface area contributed by atoms with Crippen LogP contribution in [-0.2, 0) is 4.74 Å². The zero-order valence-corrected chi connectivity index (χ0v) is 19.1. The summed E-state index contributed by atoms with van der Waals surface area (Å²) in [7, 11) is 3.82. The number of methoxy groups -OCH3 is 1. The van der Waals surface area contributed by atoms with Crippen molar-refractivity contribution >= 4 is 16.9 Å². The van der Waals surface area contributed by atoms with Crippen molar-refractivity contribution in [3.63, 3.8) is 0 Å². The van der Waals surface area contributed by atoms with Gasteiger partial charge in [-0.3, -0.25) is 0 Å². The number of aliphatic hydroxyl groups is 1. The van der Waals surface area contributed by atoms with E-state index in [4.69, 9.17) is 14.6 Å². The Morgan fingerprint density at radius 2 is 1.90 bits per heavy atom. The number of piperidine rings is 1. The highest BCUT2D eigenvalue weighted by atomic mass is 16.5. The second-order valence-electron chi connectivity index (χ2n) is 8.66. The minimum absolute atomic E-state index is 0.0359. The van der Waals surface area contributed by atoms with Gasteiger partial charge in [-0.05, 0) is 45.7 Å². The second kappa shape index (κ2) is 12.1. The van der Waals surface area contributed by atoms with Crippen molar-refractivity contribution in [1.29, 1.82) is 0 Å². The van der Waals surface area contributed by atoms with E-state index in [0.29, 0.717) is 18.4 Å². The van der Waals surface area contributed by atoms with Crippen LogP contribution in [-0.4, -0.2) is 77.1 Å². The molecule has 1 saturated carbocycles. The van der Waals surface area contributed by atoms with Gasteiger partial charge in [0.1, 0.15) is 6.10 Å². The molecule has 172 valence electrons. The van der Waals surface area contributed by atoms with Crippen molar-refractivity contribution in [3.8, 4) is 5.88 Å². The fourth-order valence-corrected chi connectivity index (χ4v) is 3.95. The monoisotopic (exact) mass is 431 g/mol. The van der Waals surface area contributed by atoms with Crippen LogP contribution in [0.15, 0.2) is 18.5 Å². The summed E-state index contributed by atoms with van der Waals surface area (Å²) < 4.78 is 11.2. The first kappa shape index (κ1) is 23.6. The number of fused-ring (bicyclic) bond motifs is 1. The number of hydrogen-bond acceptors (Lipinski definition) is 8. The smallest absolute Gasteiger partial charge is 0.224 e. The maximum Gasteiger partial charge on any atom is 0.224 e. The van der Waals surface area contributed by atoms with Crippen LogP contribution in [0.1, 0.15) is 51.9 Å². The van der Waals surface area contributed by atoms with Gasteiger partial charge >= 0.3 is 0 Å². The number of hydrogen-bond donors (Lipinski definition) is 2. The number of nitrogens with zero attached hydrogens (tertiary/aromatic N) is 4. The molecule has 8 nitrogen and oxygen atoms in total. The molecule has 0 radical (unpaired) electrons. The maximum atomic E-state index is 8.91. The highest BCUT2D eigenvalue weighted by Crippen LogP contribution is 2.25. The minimum Gasteiger partial charge on any atom is -0.474 e. The molecule has 0 spiro atoms. The largest absolute Gasteiger partial charge is 0.474 e. The van der Waals surface area contributed by atoms with Crippen LogP contribution in [0.25, 0.3) is 10.9 Å². The van der Waals surface area contributed by atoms with E-state index in [1.807, 2.05) is 13.0 Å². The topological polar surface area (TPSA) is 92.6 Å². The molecule has 2 aromatic rings. The SMILES string of the molecule is COCC(C)Nc1ncc2c(OC3CCN(C)CC3)nccc2n1.OC1CCCCC1. The van der Waals surface area contributed by atoms with Gasteiger partial charge in [0.25, 0.3) is 0 Å².